The second kappa shape index (κ2) is 26.9. The topological polar surface area (TPSA) is 0 Å². The largest absolute Gasteiger partial charge is 0.0877 e. The van der Waals surface area contributed by atoms with E-state index in [2.05, 4.69) is 131 Å². The highest BCUT2D eigenvalue weighted by Crippen LogP contribution is 2.08. The molecule has 234 valence electrons. The molecule has 0 amide bonds. The molecule has 0 saturated carbocycles. The summed E-state index contributed by atoms with van der Waals surface area (Å²) in [6.45, 7) is 12.5. The van der Waals surface area contributed by atoms with Gasteiger partial charge in [-0.2, -0.15) is 0 Å². The summed E-state index contributed by atoms with van der Waals surface area (Å²) in [7, 11) is 0. The number of rotatable bonds is 3. The first-order valence-electron chi connectivity index (χ1n) is 15.9. The summed E-state index contributed by atoms with van der Waals surface area (Å²) >= 11 is 0. The Morgan fingerprint density at radius 2 is 0.800 bits per heavy atom. The molecule has 0 aliphatic heterocycles. The molecule has 0 fully saturated rings. The van der Waals surface area contributed by atoms with Crippen LogP contribution in [0, 0.1) is 6.92 Å². The maximum atomic E-state index is 2.16. The van der Waals surface area contributed by atoms with Crippen LogP contribution in [0.1, 0.15) is 70.6 Å². The van der Waals surface area contributed by atoms with Gasteiger partial charge in [-0.05, 0) is 71.9 Å². The van der Waals surface area contributed by atoms with Gasteiger partial charge in [0.05, 0.1) is 0 Å². The minimum Gasteiger partial charge on any atom is -0.0877 e. The van der Waals surface area contributed by atoms with Crippen LogP contribution in [-0.2, 0) is 0 Å². The zero-order chi connectivity index (χ0) is 32.8. The molecule has 0 spiro atoms. The van der Waals surface area contributed by atoms with E-state index in [1.165, 1.54) is 52.7 Å². The van der Waals surface area contributed by atoms with Crippen LogP contribution < -0.4 is 0 Å². The van der Waals surface area contributed by atoms with E-state index in [1.54, 1.807) is 0 Å². The molecule has 0 heterocycles. The molecule has 6 rings (SSSR count). The lowest BCUT2D eigenvalue weighted by Crippen LogP contribution is -1.66. The van der Waals surface area contributed by atoms with Crippen LogP contribution in [0.15, 0.2) is 187 Å². The SMILES string of the molecule is C/C=C/C=C/c1ccccc1.C/C=C/c1ccccc1.CC1=CC=CC1.CC1=CC=CC1.CC1=CC=CC1.Cc1ccccc1. The van der Waals surface area contributed by atoms with E-state index in [1.807, 2.05) is 92.7 Å². The highest BCUT2D eigenvalue weighted by Gasteiger charge is 1.87. The van der Waals surface area contributed by atoms with Gasteiger partial charge in [0.25, 0.3) is 0 Å². The lowest BCUT2D eigenvalue weighted by Gasteiger charge is -1.87. The number of hydrogen-bond acceptors (Lipinski definition) is 0. The van der Waals surface area contributed by atoms with E-state index in [0.717, 1.165) is 0 Å². The third-order valence-electron chi connectivity index (χ3n) is 6.36. The molecule has 0 unspecified atom stereocenters. The van der Waals surface area contributed by atoms with Gasteiger partial charge < -0.3 is 0 Å². The van der Waals surface area contributed by atoms with Gasteiger partial charge >= 0.3 is 0 Å². The van der Waals surface area contributed by atoms with Gasteiger partial charge in [-0.25, -0.2) is 0 Å². The number of aryl methyl sites for hydroxylation is 1. The molecule has 0 saturated heterocycles. The van der Waals surface area contributed by atoms with E-state index in [9.17, 15) is 0 Å². The molecule has 3 aromatic carbocycles. The Kier molecular flexibility index (Phi) is 22.9. The minimum absolute atomic E-state index is 1.17. The first-order valence-corrected chi connectivity index (χ1v) is 15.9. The summed E-state index contributed by atoms with van der Waals surface area (Å²) in [6.07, 6.45) is 35.0. The predicted molar refractivity (Wildman–Crippen MR) is 205 cm³/mol. The van der Waals surface area contributed by atoms with Gasteiger partial charge in [0.2, 0.25) is 0 Å². The Labute approximate surface area is 275 Å². The van der Waals surface area contributed by atoms with E-state index < -0.39 is 0 Å². The molecule has 0 heteroatoms. The zero-order valence-corrected chi connectivity index (χ0v) is 28.4. The molecule has 3 aromatic rings. The van der Waals surface area contributed by atoms with Crippen LogP contribution in [0.4, 0.5) is 0 Å². The molecular formula is C45H54. The normalized spacial score (nSPS) is 13.6. The van der Waals surface area contributed by atoms with Gasteiger partial charge in [-0.3, -0.25) is 0 Å². The van der Waals surface area contributed by atoms with E-state index in [-0.39, 0.29) is 0 Å². The van der Waals surface area contributed by atoms with Crippen molar-refractivity contribution in [1.29, 1.82) is 0 Å². The summed E-state index contributed by atoms with van der Waals surface area (Å²) in [6, 6.07) is 30.8. The standard InChI is InChI=1S/C11H12.C9H10.C7H8.3C6H8/c1-2-3-5-8-11-9-6-4-7-10-11;1-2-6-9-7-4-3-5-8-9;1-7-5-3-2-4-6-7;3*1-6-4-2-3-5-6/h2-10H,1H3;2-8H,1H3;2-6H,1H3;3*2-4H,5H2,1H3/b3-2+,8-5+;6-2+;;;;. The molecule has 0 aromatic heterocycles. The molecule has 0 N–H and O–H groups in total. The molecular weight excluding hydrogens is 540 g/mol. The van der Waals surface area contributed by atoms with Gasteiger partial charge in [-0.15, -0.1) is 0 Å². The Morgan fingerprint density at radius 1 is 0.422 bits per heavy atom. The smallest absolute Gasteiger partial charge is 0.0135 e. The van der Waals surface area contributed by atoms with Crippen LogP contribution in [-0.4, -0.2) is 0 Å². The number of hydrogen-bond donors (Lipinski definition) is 0. The predicted octanol–water partition coefficient (Wildman–Crippen LogP) is 13.7. The Bertz CT molecular complexity index is 1350. The van der Waals surface area contributed by atoms with Crippen LogP contribution in [0.2, 0.25) is 0 Å². The Hall–Kier alpha value is -4.68. The molecule has 0 atom stereocenters. The van der Waals surface area contributed by atoms with Gasteiger partial charge in [0.1, 0.15) is 0 Å². The van der Waals surface area contributed by atoms with Crippen molar-refractivity contribution in [3.05, 3.63) is 203 Å². The van der Waals surface area contributed by atoms with Gasteiger partial charge in [0, 0.05) is 0 Å². The first-order chi connectivity index (χ1) is 21.9. The molecule has 45 heavy (non-hydrogen) atoms. The highest BCUT2D eigenvalue weighted by atomic mass is 13.9. The first kappa shape index (κ1) is 38.3. The van der Waals surface area contributed by atoms with E-state index >= 15 is 0 Å². The quantitative estimate of drug-likeness (QED) is 0.265. The van der Waals surface area contributed by atoms with Crippen molar-refractivity contribution in [3.8, 4) is 0 Å². The average Bonchev–Trinajstić information content (AvgIpc) is 3.86. The second-order valence-corrected chi connectivity index (χ2v) is 10.8. The lowest BCUT2D eigenvalue weighted by molar-refractivity contribution is 1.25. The molecule has 0 radical (unpaired) electrons. The summed E-state index contributed by atoms with van der Waals surface area (Å²) in [5, 5.41) is 0. The third kappa shape index (κ3) is 23.5. The van der Waals surface area contributed by atoms with E-state index in [4.69, 9.17) is 0 Å². The summed E-state index contributed by atoms with van der Waals surface area (Å²) in [5.74, 6) is 0. The minimum atomic E-state index is 1.17. The van der Waals surface area contributed by atoms with Crippen LogP contribution in [0.25, 0.3) is 12.2 Å². The fourth-order valence-corrected chi connectivity index (χ4v) is 3.80. The molecule has 0 bridgehead atoms. The zero-order valence-electron chi connectivity index (χ0n) is 28.4. The Morgan fingerprint density at radius 3 is 1.04 bits per heavy atom. The summed E-state index contributed by atoms with van der Waals surface area (Å²) in [5.41, 5.74) is 8.23. The highest BCUT2D eigenvalue weighted by molar-refractivity contribution is 5.50. The van der Waals surface area contributed by atoms with Crippen molar-refractivity contribution in [3.63, 3.8) is 0 Å². The fourth-order valence-electron chi connectivity index (χ4n) is 3.80. The van der Waals surface area contributed by atoms with Crippen LogP contribution in [0.3, 0.4) is 0 Å². The number of allylic oxidation sites excluding steroid dienone is 16. The lowest BCUT2D eigenvalue weighted by atomic mass is 10.2. The molecule has 3 aliphatic carbocycles. The van der Waals surface area contributed by atoms with Crippen molar-refractivity contribution in [2.75, 3.05) is 0 Å². The Balaban J connectivity index is 0.000000274. The maximum absolute atomic E-state index is 2.16. The van der Waals surface area contributed by atoms with Gasteiger partial charge in [-0.1, -0.05) is 204 Å². The van der Waals surface area contributed by atoms with E-state index in [0.29, 0.717) is 0 Å². The number of benzene rings is 3. The fraction of sp³-hybridized carbons (Fsp3) is 0.200. The van der Waals surface area contributed by atoms with Crippen LogP contribution in [0.5, 0.6) is 0 Å². The van der Waals surface area contributed by atoms with Gasteiger partial charge in [0.15, 0.2) is 0 Å². The van der Waals surface area contributed by atoms with Crippen molar-refractivity contribution in [1.82, 2.24) is 0 Å². The summed E-state index contributed by atoms with van der Waals surface area (Å²) < 4.78 is 0. The summed E-state index contributed by atoms with van der Waals surface area (Å²) in [4.78, 5) is 0. The van der Waals surface area contributed by atoms with Crippen molar-refractivity contribution >= 4 is 12.2 Å². The third-order valence-corrected chi connectivity index (χ3v) is 6.36. The monoisotopic (exact) mass is 594 g/mol. The average molecular weight is 595 g/mol. The van der Waals surface area contributed by atoms with Crippen molar-refractivity contribution < 1.29 is 0 Å². The van der Waals surface area contributed by atoms with Crippen molar-refractivity contribution in [2.45, 2.75) is 60.8 Å². The second-order valence-electron chi connectivity index (χ2n) is 10.8. The van der Waals surface area contributed by atoms with Crippen LogP contribution >= 0.6 is 0 Å². The maximum Gasteiger partial charge on any atom is -0.0135 e. The molecule has 0 nitrogen and oxygen atoms in total. The molecule has 3 aliphatic rings. The van der Waals surface area contributed by atoms with Crippen molar-refractivity contribution in [2.24, 2.45) is 0 Å².